The van der Waals surface area contributed by atoms with E-state index in [1.165, 1.54) is 14.9 Å². The number of nitrogens with zero attached hydrogens (tertiary/aromatic N) is 3. The standard InChI is InChI=1S/C17H27N5S2.HI/c1-4-18-17(20-10-8-15-21-11-14(3)24-15)19-9-6-5-7-16-22-13(2)12-23-16;/h11-12H,4-10H2,1-3H3,(H2,18,19,20);1H. The molecule has 2 aromatic heterocycles. The molecule has 0 atom stereocenters. The fourth-order valence-corrected chi connectivity index (χ4v) is 3.85. The predicted octanol–water partition coefficient (Wildman–Crippen LogP) is 3.95. The van der Waals surface area contributed by atoms with E-state index in [4.69, 9.17) is 0 Å². The van der Waals surface area contributed by atoms with E-state index >= 15 is 0 Å². The van der Waals surface area contributed by atoms with Crippen molar-refractivity contribution < 1.29 is 0 Å². The molecule has 140 valence electrons. The number of halogens is 1. The maximum Gasteiger partial charge on any atom is 0.191 e. The molecule has 25 heavy (non-hydrogen) atoms. The van der Waals surface area contributed by atoms with E-state index in [2.05, 4.69) is 44.8 Å². The summed E-state index contributed by atoms with van der Waals surface area (Å²) >= 11 is 3.52. The maximum absolute atomic E-state index is 4.65. The number of aromatic nitrogens is 2. The van der Waals surface area contributed by atoms with Crippen molar-refractivity contribution in [2.75, 3.05) is 19.6 Å². The van der Waals surface area contributed by atoms with Crippen molar-refractivity contribution in [2.24, 2.45) is 4.99 Å². The highest BCUT2D eigenvalue weighted by atomic mass is 127. The zero-order valence-corrected chi connectivity index (χ0v) is 19.1. The Morgan fingerprint density at radius 2 is 2.00 bits per heavy atom. The van der Waals surface area contributed by atoms with Crippen molar-refractivity contribution in [3.05, 3.63) is 32.2 Å². The molecule has 0 saturated carbocycles. The van der Waals surface area contributed by atoms with Crippen LogP contribution in [-0.2, 0) is 12.8 Å². The van der Waals surface area contributed by atoms with E-state index in [0.717, 1.165) is 57.0 Å². The molecule has 0 radical (unpaired) electrons. The van der Waals surface area contributed by atoms with Gasteiger partial charge in [-0.25, -0.2) is 9.97 Å². The number of guanidine groups is 1. The van der Waals surface area contributed by atoms with Crippen LogP contribution in [0.2, 0.25) is 0 Å². The lowest BCUT2D eigenvalue weighted by atomic mass is 10.2. The quantitative estimate of drug-likeness (QED) is 0.240. The minimum Gasteiger partial charge on any atom is -0.357 e. The van der Waals surface area contributed by atoms with Gasteiger partial charge in [0.05, 0.1) is 10.0 Å². The molecule has 0 aliphatic heterocycles. The number of rotatable bonds is 9. The molecule has 0 spiro atoms. The van der Waals surface area contributed by atoms with Crippen molar-refractivity contribution >= 4 is 52.6 Å². The fraction of sp³-hybridized carbons (Fsp3) is 0.588. The molecule has 0 fully saturated rings. The van der Waals surface area contributed by atoms with Crippen LogP contribution in [0.15, 0.2) is 16.6 Å². The van der Waals surface area contributed by atoms with Crippen LogP contribution >= 0.6 is 46.7 Å². The van der Waals surface area contributed by atoms with E-state index in [0.29, 0.717) is 0 Å². The summed E-state index contributed by atoms with van der Waals surface area (Å²) in [7, 11) is 0. The first-order valence-corrected chi connectivity index (χ1v) is 10.2. The largest absolute Gasteiger partial charge is 0.357 e. The van der Waals surface area contributed by atoms with Gasteiger partial charge >= 0.3 is 0 Å². The molecule has 0 aliphatic rings. The summed E-state index contributed by atoms with van der Waals surface area (Å²) in [6.07, 6.45) is 6.14. The summed E-state index contributed by atoms with van der Waals surface area (Å²) in [6.45, 7) is 8.80. The van der Waals surface area contributed by atoms with Gasteiger partial charge in [-0.15, -0.1) is 46.7 Å². The van der Waals surface area contributed by atoms with Crippen LogP contribution in [0.25, 0.3) is 0 Å². The van der Waals surface area contributed by atoms with E-state index in [-0.39, 0.29) is 24.0 Å². The number of nitrogens with one attached hydrogen (secondary N) is 2. The van der Waals surface area contributed by atoms with Gasteiger partial charge < -0.3 is 10.6 Å². The van der Waals surface area contributed by atoms with E-state index in [1.54, 1.807) is 22.7 Å². The van der Waals surface area contributed by atoms with Crippen molar-refractivity contribution in [3.8, 4) is 0 Å². The molecule has 0 amide bonds. The van der Waals surface area contributed by atoms with Crippen molar-refractivity contribution in [3.63, 3.8) is 0 Å². The van der Waals surface area contributed by atoms with Gasteiger partial charge in [-0.1, -0.05) is 0 Å². The molecule has 0 unspecified atom stereocenters. The molecule has 5 nitrogen and oxygen atoms in total. The monoisotopic (exact) mass is 493 g/mol. The van der Waals surface area contributed by atoms with E-state index in [1.807, 2.05) is 13.1 Å². The highest BCUT2D eigenvalue weighted by Crippen LogP contribution is 2.12. The molecule has 0 aliphatic carbocycles. The van der Waals surface area contributed by atoms with Crippen molar-refractivity contribution in [2.45, 2.75) is 46.5 Å². The van der Waals surface area contributed by atoms with Crippen LogP contribution in [0, 0.1) is 13.8 Å². The Balaban J connectivity index is 0.00000312. The van der Waals surface area contributed by atoms with Crippen LogP contribution in [0.4, 0.5) is 0 Å². The Morgan fingerprint density at radius 3 is 2.64 bits per heavy atom. The van der Waals surface area contributed by atoms with Crippen LogP contribution in [-0.4, -0.2) is 35.6 Å². The second-order valence-electron chi connectivity index (χ2n) is 5.64. The van der Waals surface area contributed by atoms with Gasteiger partial charge in [-0.05, 0) is 40.0 Å². The van der Waals surface area contributed by atoms with Crippen LogP contribution in [0.1, 0.15) is 40.4 Å². The third-order valence-corrected chi connectivity index (χ3v) is 5.38. The number of hydrogen-bond donors (Lipinski definition) is 2. The average molecular weight is 493 g/mol. The second-order valence-corrected chi connectivity index (χ2v) is 7.90. The maximum atomic E-state index is 4.65. The van der Waals surface area contributed by atoms with E-state index < -0.39 is 0 Å². The topological polar surface area (TPSA) is 62.2 Å². The molecular formula is C17H28IN5S2. The third kappa shape index (κ3) is 8.96. The molecule has 0 bridgehead atoms. The summed E-state index contributed by atoms with van der Waals surface area (Å²) in [5.41, 5.74) is 1.13. The molecule has 2 aromatic rings. The van der Waals surface area contributed by atoms with Gasteiger partial charge in [-0.2, -0.15) is 0 Å². The third-order valence-electron chi connectivity index (χ3n) is 3.38. The number of unbranched alkanes of at least 4 members (excludes halogenated alkanes) is 1. The van der Waals surface area contributed by atoms with Crippen LogP contribution in [0.5, 0.6) is 0 Å². The first-order chi connectivity index (χ1) is 11.7. The highest BCUT2D eigenvalue weighted by Gasteiger charge is 2.01. The van der Waals surface area contributed by atoms with Gasteiger partial charge in [0.25, 0.3) is 0 Å². The number of aryl methyl sites for hydroxylation is 3. The Hall–Kier alpha value is -0.740. The van der Waals surface area contributed by atoms with Gasteiger partial charge in [0.2, 0.25) is 0 Å². The predicted molar refractivity (Wildman–Crippen MR) is 120 cm³/mol. The molecule has 0 aromatic carbocycles. The minimum absolute atomic E-state index is 0. The zero-order chi connectivity index (χ0) is 17.2. The molecule has 2 N–H and O–H groups in total. The summed E-state index contributed by atoms with van der Waals surface area (Å²) in [6, 6.07) is 0. The number of thiazole rings is 2. The number of aliphatic imine (C=N–C) groups is 1. The van der Waals surface area contributed by atoms with Crippen molar-refractivity contribution in [1.29, 1.82) is 0 Å². The average Bonchev–Trinajstić information content (AvgIpc) is 3.15. The lowest BCUT2D eigenvalue weighted by Crippen LogP contribution is -2.38. The Morgan fingerprint density at radius 1 is 1.16 bits per heavy atom. The molecular weight excluding hydrogens is 465 g/mol. The molecule has 2 rings (SSSR count). The lowest BCUT2D eigenvalue weighted by Gasteiger charge is -2.10. The van der Waals surface area contributed by atoms with Gasteiger partial charge in [0, 0.05) is 48.2 Å². The minimum atomic E-state index is 0. The molecule has 0 saturated heterocycles. The summed E-state index contributed by atoms with van der Waals surface area (Å²) < 4.78 is 0. The zero-order valence-electron chi connectivity index (χ0n) is 15.2. The summed E-state index contributed by atoms with van der Waals surface area (Å²) in [5, 5.41) is 11.2. The first kappa shape index (κ1) is 22.3. The van der Waals surface area contributed by atoms with E-state index in [9.17, 15) is 0 Å². The summed E-state index contributed by atoms with van der Waals surface area (Å²) in [4.78, 5) is 14.8. The Labute approximate surface area is 175 Å². The normalized spacial score (nSPS) is 11.2. The first-order valence-electron chi connectivity index (χ1n) is 8.52. The Bertz CT molecular complexity index is 639. The van der Waals surface area contributed by atoms with Crippen LogP contribution < -0.4 is 10.6 Å². The van der Waals surface area contributed by atoms with Gasteiger partial charge in [-0.3, -0.25) is 4.99 Å². The SMILES string of the molecule is CCNC(=NCCCCc1nc(C)cs1)NCCc1ncc(C)s1.I. The van der Waals surface area contributed by atoms with Gasteiger partial charge in [0.15, 0.2) is 5.96 Å². The molecule has 8 heteroatoms. The highest BCUT2D eigenvalue weighted by molar-refractivity contribution is 14.0. The Kier molecular flexibility index (Phi) is 11.2. The van der Waals surface area contributed by atoms with Crippen LogP contribution in [0.3, 0.4) is 0 Å². The second kappa shape index (κ2) is 12.6. The fourth-order valence-electron chi connectivity index (χ4n) is 2.24. The van der Waals surface area contributed by atoms with Gasteiger partial charge in [0.1, 0.15) is 0 Å². The van der Waals surface area contributed by atoms with Crippen molar-refractivity contribution in [1.82, 2.24) is 20.6 Å². The molecule has 2 heterocycles. The number of hydrogen-bond acceptors (Lipinski definition) is 5. The summed E-state index contributed by atoms with van der Waals surface area (Å²) in [5.74, 6) is 0.899. The smallest absolute Gasteiger partial charge is 0.191 e. The lowest BCUT2D eigenvalue weighted by molar-refractivity contribution is 0.727.